The zero-order valence-electron chi connectivity index (χ0n) is 34.1. The van der Waals surface area contributed by atoms with E-state index >= 15 is 0 Å². The van der Waals surface area contributed by atoms with Crippen LogP contribution in [0, 0.1) is 18.8 Å². The zero-order valence-corrected chi connectivity index (χ0v) is 35.7. The van der Waals surface area contributed by atoms with Gasteiger partial charge in [-0.25, -0.2) is 13.4 Å². The van der Waals surface area contributed by atoms with Crippen LogP contribution in [0.2, 0.25) is 0 Å². The number of hydrogen-bond acceptors (Lipinski definition) is 11. The van der Waals surface area contributed by atoms with Gasteiger partial charge in [-0.1, -0.05) is 57.0 Å². The van der Waals surface area contributed by atoms with Crippen LogP contribution in [0.5, 0.6) is 11.6 Å². The van der Waals surface area contributed by atoms with Crippen molar-refractivity contribution in [1.82, 2.24) is 19.9 Å². The molecule has 59 heavy (non-hydrogen) atoms. The summed E-state index contributed by atoms with van der Waals surface area (Å²) in [6.07, 6.45) is 8.53. The molecule has 13 nitrogen and oxygen atoms in total. The van der Waals surface area contributed by atoms with E-state index in [-0.39, 0.29) is 37.3 Å². The molecule has 0 bridgehead atoms. The number of nitrogens with one attached hydrogen (secondary N) is 3. The summed E-state index contributed by atoms with van der Waals surface area (Å²) in [7, 11) is -2.23. The molecule has 5 aliphatic rings. The number of benzene rings is 2. The summed E-state index contributed by atoms with van der Waals surface area (Å²) in [5.74, 6) is 0.417. The number of amides is 3. The lowest BCUT2D eigenvalue weighted by Gasteiger charge is -2.30. The first-order valence-corrected chi connectivity index (χ1v) is 23.4. The first-order chi connectivity index (χ1) is 28.4. The summed E-state index contributed by atoms with van der Waals surface area (Å²) in [6.45, 7) is 6.41. The summed E-state index contributed by atoms with van der Waals surface area (Å²) >= 11 is 1.67. The first kappa shape index (κ1) is 41.1. The molecule has 3 aromatic rings. The van der Waals surface area contributed by atoms with Crippen molar-refractivity contribution >= 4 is 61.0 Å². The van der Waals surface area contributed by atoms with Crippen molar-refractivity contribution in [2.75, 3.05) is 24.7 Å². The van der Waals surface area contributed by atoms with Crippen LogP contribution in [0.4, 0.5) is 5.69 Å². The van der Waals surface area contributed by atoms with Crippen LogP contribution < -0.4 is 24.8 Å². The number of allylic oxidation sites excluding steroid dienone is 1. The second-order valence-corrected chi connectivity index (χ2v) is 19.9. The normalized spacial score (nSPS) is 28.1. The van der Waals surface area contributed by atoms with E-state index in [0.717, 1.165) is 64.3 Å². The highest BCUT2D eigenvalue weighted by molar-refractivity contribution is 8.14. The molecule has 4 heterocycles. The van der Waals surface area contributed by atoms with E-state index in [4.69, 9.17) is 19.5 Å². The molecule has 3 fully saturated rings. The van der Waals surface area contributed by atoms with E-state index in [1.54, 1.807) is 23.8 Å². The molecular formula is C44H54N6O7S2. The van der Waals surface area contributed by atoms with E-state index in [2.05, 4.69) is 29.2 Å². The highest BCUT2D eigenvalue weighted by Crippen LogP contribution is 2.46. The predicted octanol–water partition coefficient (Wildman–Crippen LogP) is 5.90. The minimum atomic E-state index is -3.87. The smallest absolute Gasteiger partial charge is 0.259 e. The van der Waals surface area contributed by atoms with Gasteiger partial charge in [-0.15, -0.1) is 11.8 Å². The molecule has 2 saturated carbocycles. The third kappa shape index (κ3) is 8.68. The Hall–Kier alpha value is -4.63. The van der Waals surface area contributed by atoms with Gasteiger partial charge in [0.15, 0.2) is 0 Å². The number of aryl methyl sites for hydroxylation is 1. The van der Waals surface area contributed by atoms with Gasteiger partial charge in [-0.3, -0.25) is 24.1 Å². The largest absolute Gasteiger partial charge is 0.496 e. The maximum absolute atomic E-state index is 14.8. The molecule has 2 aromatic carbocycles. The molecular weight excluding hydrogens is 789 g/mol. The third-order valence-electron chi connectivity index (χ3n) is 12.3. The van der Waals surface area contributed by atoms with E-state index in [0.29, 0.717) is 36.8 Å². The monoisotopic (exact) mass is 842 g/mol. The Bertz CT molecular complexity index is 2280. The SMILES string of the molecule is COc1ccc2c(O[C@@H]3C[C@H]4C(=O)N[C@]5(C(=O)NS(=O)(=O)C6CC6)C[C@H]5/C=C\CCCCC[C@H](Nc5ccccc5)C(=O)N4C3)nc(C3=NC(C(C)C)CS3)cc2c1C. The number of anilines is 1. The number of nitrogens with zero attached hydrogens (tertiary/aromatic N) is 3. The van der Waals surface area contributed by atoms with Crippen LogP contribution in [-0.2, 0) is 24.4 Å². The van der Waals surface area contributed by atoms with Crippen molar-refractivity contribution in [1.29, 1.82) is 0 Å². The maximum atomic E-state index is 14.8. The predicted molar refractivity (Wildman–Crippen MR) is 230 cm³/mol. The Balaban J connectivity index is 1.14. The van der Waals surface area contributed by atoms with Gasteiger partial charge in [0.05, 0.1) is 30.6 Å². The van der Waals surface area contributed by atoms with E-state index < -0.39 is 50.8 Å². The Morgan fingerprint density at radius 1 is 1.05 bits per heavy atom. The van der Waals surface area contributed by atoms with Crippen LogP contribution in [0.25, 0.3) is 10.8 Å². The number of hydrogen-bond donors (Lipinski definition) is 3. The average molecular weight is 843 g/mol. The summed E-state index contributed by atoms with van der Waals surface area (Å²) in [5, 5.41) is 8.32. The van der Waals surface area contributed by atoms with Crippen LogP contribution in [0.1, 0.15) is 82.9 Å². The molecule has 314 valence electrons. The first-order valence-electron chi connectivity index (χ1n) is 20.9. The Kier molecular flexibility index (Phi) is 11.7. The summed E-state index contributed by atoms with van der Waals surface area (Å²) < 4.78 is 40.7. The quantitative estimate of drug-likeness (QED) is 0.209. The van der Waals surface area contributed by atoms with Gasteiger partial charge >= 0.3 is 0 Å². The van der Waals surface area contributed by atoms with Gasteiger partial charge in [-0.05, 0) is 92.6 Å². The molecule has 0 spiro atoms. The van der Waals surface area contributed by atoms with E-state index in [9.17, 15) is 22.8 Å². The fourth-order valence-electron chi connectivity index (χ4n) is 8.45. The highest BCUT2D eigenvalue weighted by atomic mass is 32.2. The number of sulfonamides is 1. The van der Waals surface area contributed by atoms with E-state index in [1.165, 1.54) is 0 Å². The fourth-order valence-corrected chi connectivity index (χ4v) is 11.1. The topological polar surface area (TPSA) is 168 Å². The van der Waals surface area contributed by atoms with Crippen LogP contribution in [0.3, 0.4) is 0 Å². The minimum Gasteiger partial charge on any atom is -0.496 e. The van der Waals surface area contributed by atoms with E-state index in [1.807, 2.05) is 67.6 Å². The number of aromatic nitrogens is 1. The molecule has 1 aromatic heterocycles. The lowest BCUT2D eigenvalue weighted by molar-refractivity contribution is -0.140. The fraction of sp³-hybridized carbons (Fsp3) is 0.523. The molecule has 2 aliphatic carbocycles. The lowest BCUT2D eigenvalue weighted by Crippen LogP contribution is -2.57. The van der Waals surface area contributed by atoms with Crippen molar-refractivity contribution in [3.63, 3.8) is 0 Å². The number of methoxy groups -OCH3 is 1. The molecule has 3 amide bonds. The second-order valence-electron chi connectivity index (χ2n) is 16.9. The number of aliphatic imine (C=N–C) groups is 1. The summed E-state index contributed by atoms with van der Waals surface area (Å²) in [5.41, 5.74) is 0.944. The van der Waals surface area contributed by atoms with Crippen molar-refractivity contribution in [2.24, 2.45) is 16.8 Å². The van der Waals surface area contributed by atoms with Crippen LogP contribution >= 0.6 is 11.8 Å². The zero-order chi connectivity index (χ0) is 41.5. The number of thioether (sulfide) groups is 1. The van der Waals surface area contributed by atoms with Gasteiger partial charge in [0.2, 0.25) is 27.7 Å². The van der Waals surface area contributed by atoms with Crippen molar-refractivity contribution in [3.8, 4) is 11.6 Å². The average Bonchev–Trinajstić information content (AvgIpc) is 4.09. The van der Waals surface area contributed by atoms with Gasteiger partial charge in [0.1, 0.15) is 34.5 Å². The van der Waals surface area contributed by atoms with Gasteiger partial charge in [0.25, 0.3) is 5.91 Å². The molecule has 8 rings (SSSR count). The third-order valence-corrected chi connectivity index (χ3v) is 15.2. The second kappa shape index (κ2) is 16.8. The molecule has 3 N–H and O–H groups in total. The number of rotatable bonds is 10. The molecule has 1 unspecified atom stereocenters. The van der Waals surface area contributed by atoms with Crippen LogP contribution in [-0.4, -0.2) is 95.5 Å². The number of pyridine rings is 1. The van der Waals surface area contributed by atoms with Gasteiger partial charge < -0.3 is 25.0 Å². The lowest BCUT2D eigenvalue weighted by atomic mass is 10.0. The minimum absolute atomic E-state index is 0.0934. The number of ether oxygens (including phenoxy) is 2. The summed E-state index contributed by atoms with van der Waals surface area (Å²) in [6, 6.07) is 13.9. The number of carbonyl (C=O) groups is 3. The van der Waals surface area contributed by atoms with Crippen molar-refractivity contribution < 1.29 is 32.3 Å². The Labute approximate surface area is 350 Å². The Morgan fingerprint density at radius 3 is 2.58 bits per heavy atom. The van der Waals surface area contributed by atoms with Gasteiger partial charge in [-0.2, -0.15) is 0 Å². The highest BCUT2D eigenvalue weighted by Gasteiger charge is 2.62. The Morgan fingerprint density at radius 2 is 1.85 bits per heavy atom. The molecule has 3 aliphatic heterocycles. The van der Waals surface area contributed by atoms with Gasteiger partial charge in [0, 0.05) is 29.2 Å². The number of para-hydroxylation sites is 1. The number of fused-ring (bicyclic) bond motifs is 3. The molecule has 15 heteroatoms. The molecule has 1 saturated heterocycles. The van der Waals surface area contributed by atoms with Crippen LogP contribution in [0.15, 0.2) is 65.7 Å². The number of carbonyl (C=O) groups excluding carboxylic acids is 3. The van der Waals surface area contributed by atoms with Crippen molar-refractivity contribution in [2.45, 2.75) is 114 Å². The molecule has 6 atom stereocenters. The standard InChI is InChI=1S/C44H54N6O7S2/c1-26(2)36-25-58-41(47-36)35-22-33-27(3)38(56-4)20-19-32(33)40(46-35)57-30-21-37-39(51)48-44(43(53)49-59(54,55)31-17-18-31)23-28(44)13-9-6-5-7-12-16-34(42(52)50(37)24-30)45-29-14-10-8-11-15-29/h8-11,13-15,19-20,22,26,28,30-31,34,36-37,45H,5-7,12,16-18,21,23-25H2,1-4H3,(H,48,51)(H,49,53)/b13-9-/t28-,30-,34+,36?,37+,44-/m1/s1. The maximum Gasteiger partial charge on any atom is 0.259 e. The molecule has 0 radical (unpaired) electrons. The van der Waals surface area contributed by atoms with Crippen molar-refractivity contribution in [3.05, 3.63) is 71.9 Å². The summed E-state index contributed by atoms with van der Waals surface area (Å²) in [4.78, 5) is 55.0.